The van der Waals surface area contributed by atoms with Crippen LogP contribution in [0.2, 0.25) is 0 Å². The van der Waals surface area contributed by atoms with Crippen molar-refractivity contribution in [1.29, 1.82) is 0 Å². The molecule has 0 aromatic heterocycles. The molecule has 0 aliphatic heterocycles. The van der Waals surface area contributed by atoms with Crippen molar-refractivity contribution < 1.29 is 19.1 Å². The van der Waals surface area contributed by atoms with E-state index in [0.29, 0.717) is 23.4 Å². The number of aryl methyl sites for hydroxylation is 1. The molecule has 0 spiro atoms. The van der Waals surface area contributed by atoms with Crippen LogP contribution < -0.4 is 10.6 Å². The van der Waals surface area contributed by atoms with E-state index in [4.69, 9.17) is 4.74 Å². The number of anilines is 1. The van der Waals surface area contributed by atoms with Gasteiger partial charge in [-0.3, -0.25) is 9.59 Å². The van der Waals surface area contributed by atoms with Gasteiger partial charge in [-0.25, -0.2) is 4.79 Å². The third-order valence-corrected chi connectivity index (χ3v) is 3.87. The summed E-state index contributed by atoms with van der Waals surface area (Å²) in [6.45, 7) is 4.41. The molecule has 2 aromatic carbocycles. The number of ether oxygens (including phenoxy) is 1. The Kier molecular flexibility index (Phi) is 7.55. The van der Waals surface area contributed by atoms with Gasteiger partial charge in [-0.05, 0) is 49.2 Å². The summed E-state index contributed by atoms with van der Waals surface area (Å²) in [4.78, 5) is 35.8. The number of carbonyl (C=O) groups is 3. The minimum Gasteiger partial charge on any atom is -0.462 e. The Bertz CT molecular complexity index is 800. The number of rotatable bonds is 8. The normalized spacial score (nSPS) is 10.1. The minimum atomic E-state index is -0.381. The molecule has 0 atom stereocenters. The molecule has 142 valence electrons. The Morgan fingerprint density at radius 2 is 1.70 bits per heavy atom. The zero-order chi connectivity index (χ0) is 19.6. The van der Waals surface area contributed by atoms with Crippen LogP contribution in [0, 0.1) is 6.92 Å². The molecule has 0 fully saturated rings. The van der Waals surface area contributed by atoms with E-state index in [-0.39, 0.29) is 30.7 Å². The highest BCUT2D eigenvalue weighted by Gasteiger charge is 2.10. The van der Waals surface area contributed by atoms with Crippen LogP contribution >= 0.6 is 0 Å². The quantitative estimate of drug-likeness (QED) is 0.700. The molecule has 6 nitrogen and oxygen atoms in total. The molecule has 27 heavy (non-hydrogen) atoms. The third kappa shape index (κ3) is 6.26. The molecule has 0 saturated carbocycles. The van der Waals surface area contributed by atoms with Crippen LogP contribution in [0.15, 0.2) is 48.5 Å². The second-order valence-electron chi connectivity index (χ2n) is 6.08. The van der Waals surface area contributed by atoms with E-state index in [0.717, 1.165) is 12.0 Å². The van der Waals surface area contributed by atoms with Crippen LogP contribution in [0.1, 0.15) is 46.0 Å². The second kappa shape index (κ2) is 10.1. The smallest absolute Gasteiger partial charge is 0.338 e. The molecule has 0 heterocycles. The minimum absolute atomic E-state index is 0.151. The maximum Gasteiger partial charge on any atom is 0.338 e. The summed E-state index contributed by atoms with van der Waals surface area (Å²) < 4.78 is 5.05. The molecule has 2 aromatic rings. The zero-order valence-corrected chi connectivity index (χ0v) is 15.6. The number of benzene rings is 2. The van der Waals surface area contributed by atoms with Crippen molar-refractivity contribution in [3.8, 4) is 0 Å². The van der Waals surface area contributed by atoms with E-state index in [2.05, 4.69) is 10.6 Å². The molecule has 0 saturated heterocycles. The number of hydrogen-bond donors (Lipinski definition) is 2. The number of amides is 2. The summed E-state index contributed by atoms with van der Waals surface area (Å²) in [5.41, 5.74) is 2.50. The van der Waals surface area contributed by atoms with E-state index < -0.39 is 0 Å². The zero-order valence-electron chi connectivity index (χ0n) is 15.6. The first-order chi connectivity index (χ1) is 13.0. The van der Waals surface area contributed by atoms with Crippen molar-refractivity contribution in [1.82, 2.24) is 5.32 Å². The molecule has 0 radical (unpaired) electrons. The van der Waals surface area contributed by atoms with Crippen LogP contribution in [0.3, 0.4) is 0 Å². The molecule has 0 aliphatic rings. The Morgan fingerprint density at radius 3 is 2.37 bits per heavy atom. The van der Waals surface area contributed by atoms with Gasteiger partial charge in [-0.15, -0.1) is 0 Å². The summed E-state index contributed by atoms with van der Waals surface area (Å²) in [6, 6.07) is 13.8. The van der Waals surface area contributed by atoms with Crippen molar-refractivity contribution in [2.45, 2.75) is 26.7 Å². The topological polar surface area (TPSA) is 84.5 Å². The maximum atomic E-state index is 12.1. The first-order valence-electron chi connectivity index (χ1n) is 8.92. The summed E-state index contributed by atoms with van der Waals surface area (Å²) >= 11 is 0. The van der Waals surface area contributed by atoms with Gasteiger partial charge in [0.2, 0.25) is 5.91 Å². The van der Waals surface area contributed by atoms with Gasteiger partial charge in [0.25, 0.3) is 5.91 Å². The van der Waals surface area contributed by atoms with Crippen LogP contribution in [0.25, 0.3) is 0 Å². The highest BCUT2D eigenvalue weighted by atomic mass is 16.5. The fraction of sp³-hybridized carbons (Fsp3) is 0.286. The number of hydrogen-bond acceptors (Lipinski definition) is 4. The summed E-state index contributed by atoms with van der Waals surface area (Å²) in [5, 5.41) is 5.47. The van der Waals surface area contributed by atoms with Gasteiger partial charge >= 0.3 is 5.97 Å². The molecule has 2 amide bonds. The second-order valence-corrected chi connectivity index (χ2v) is 6.08. The lowest BCUT2D eigenvalue weighted by atomic mass is 10.1. The fourth-order valence-corrected chi connectivity index (χ4v) is 2.40. The van der Waals surface area contributed by atoms with Crippen LogP contribution in [-0.2, 0) is 9.53 Å². The van der Waals surface area contributed by atoms with Gasteiger partial charge in [0.15, 0.2) is 0 Å². The molecule has 0 aliphatic carbocycles. The van der Waals surface area contributed by atoms with Crippen molar-refractivity contribution in [2.75, 3.05) is 18.5 Å². The Balaban J connectivity index is 1.78. The van der Waals surface area contributed by atoms with Gasteiger partial charge in [-0.1, -0.05) is 25.1 Å². The summed E-state index contributed by atoms with van der Waals surface area (Å²) in [7, 11) is 0. The molecule has 6 heteroatoms. The van der Waals surface area contributed by atoms with Gasteiger partial charge < -0.3 is 15.4 Å². The maximum absolute atomic E-state index is 12.1. The molecular weight excluding hydrogens is 344 g/mol. The SMILES string of the molecule is CCCOC(=O)c1ccc(NC(=O)CCNC(=O)c2ccccc2C)cc1. The highest BCUT2D eigenvalue weighted by molar-refractivity contribution is 5.96. The summed E-state index contributed by atoms with van der Waals surface area (Å²) in [5.74, 6) is -0.800. The molecule has 2 rings (SSSR count). The van der Waals surface area contributed by atoms with E-state index in [1.807, 2.05) is 26.0 Å². The van der Waals surface area contributed by atoms with E-state index in [1.54, 1.807) is 36.4 Å². The van der Waals surface area contributed by atoms with Crippen molar-refractivity contribution >= 4 is 23.5 Å². The largest absolute Gasteiger partial charge is 0.462 e. The van der Waals surface area contributed by atoms with E-state index in [9.17, 15) is 14.4 Å². The van der Waals surface area contributed by atoms with Gasteiger partial charge in [0.05, 0.1) is 12.2 Å². The van der Waals surface area contributed by atoms with Crippen molar-refractivity contribution in [2.24, 2.45) is 0 Å². The molecule has 2 N–H and O–H groups in total. The van der Waals surface area contributed by atoms with Gasteiger partial charge in [-0.2, -0.15) is 0 Å². The van der Waals surface area contributed by atoms with Crippen LogP contribution in [0.5, 0.6) is 0 Å². The predicted molar refractivity (Wildman–Crippen MR) is 104 cm³/mol. The van der Waals surface area contributed by atoms with Crippen LogP contribution in [-0.4, -0.2) is 30.9 Å². The Labute approximate surface area is 158 Å². The average Bonchev–Trinajstić information content (AvgIpc) is 2.67. The molecule has 0 unspecified atom stereocenters. The predicted octanol–water partition coefficient (Wildman–Crippen LogP) is 3.32. The van der Waals surface area contributed by atoms with E-state index in [1.165, 1.54) is 0 Å². The van der Waals surface area contributed by atoms with Gasteiger partial charge in [0, 0.05) is 24.2 Å². The highest BCUT2D eigenvalue weighted by Crippen LogP contribution is 2.11. The van der Waals surface area contributed by atoms with Crippen LogP contribution in [0.4, 0.5) is 5.69 Å². The Morgan fingerprint density at radius 1 is 1.00 bits per heavy atom. The Hall–Kier alpha value is -3.15. The van der Waals surface area contributed by atoms with Gasteiger partial charge in [0.1, 0.15) is 0 Å². The van der Waals surface area contributed by atoms with E-state index >= 15 is 0 Å². The molecule has 0 bridgehead atoms. The summed E-state index contributed by atoms with van der Waals surface area (Å²) in [6.07, 6.45) is 0.915. The fourth-order valence-electron chi connectivity index (χ4n) is 2.40. The number of carbonyl (C=O) groups excluding carboxylic acids is 3. The molecular formula is C21H24N2O4. The lowest BCUT2D eigenvalue weighted by molar-refractivity contribution is -0.116. The lowest BCUT2D eigenvalue weighted by Crippen LogP contribution is -2.28. The van der Waals surface area contributed by atoms with Crippen molar-refractivity contribution in [3.05, 3.63) is 65.2 Å². The lowest BCUT2D eigenvalue weighted by Gasteiger charge is -2.09. The first-order valence-corrected chi connectivity index (χ1v) is 8.92. The monoisotopic (exact) mass is 368 g/mol. The average molecular weight is 368 g/mol. The number of esters is 1. The van der Waals surface area contributed by atoms with Crippen molar-refractivity contribution in [3.63, 3.8) is 0 Å². The third-order valence-electron chi connectivity index (χ3n) is 3.87. The standard InChI is InChI=1S/C21H24N2O4/c1-3-14-27-21(26)16-8-10-17(11-9-16)23-19(24)12-13-22-20(25)18-7-5-4-6-15(18)2/h4-11H,3,12-14H2,1-2H3,(H,22,25)(H,23,24). The first kappa shape index (κ1) is 20.2. The number of nitrogens with one attached hydrogen (secondary N) is 2.